The van der Waals surface area contributed by atoms with Gasteiger partial charge in [-0.25, -0.2) is 4.98 Å². The first-order chi connectivity index (χ1) is 11.2. The Morgan fingerprint density at radius 3 is 2.74 bits per heavy atom. The van der Waals surface area contributed by atoms with Gasteiger partial charge in [0.15, 0.2) is 5.92 Å². The molecule has 3 aromatic rings. The summed E-state index contributed by atoms with van der Waals surface area (Å²) in [6, 6.07) is 13.2. The van der Waals surface area contributed by atoms with Crippen LogP contribution in [-0.4, -0.2) is 20.4 Å². The number of aryl methyl sites for hydroxylation is 1. The van der Waals surface area contributed by atoms with Crippen LogP contribution in [0.3, 0.4) is 0 Å². The van der Waals surface area contributed by atoms with E-state index in [1.807, 2.05) is 49.5 Å². The normalized spacial score (nSPS) is 11.8. The highest BCUT2D eigenvalue weighted by molar-refractivity contribution is 5.87. The number of amides is 1. The molecule has 1 aromatic carbocycles. The predicted octanol–water partition coefficient (Wildman–Crippen LogP) is 1.89. The van der Waals surface area contributed by atoms with E-state index in [1.165, 1.54) is 0 Å². The van der Waals surface area contributed by atoms with Crippen molar-refractivity contribution in [3.63, 3.8) is 0 Å². The largest absolute Gasteiger partial charge is 0.350 e. The van der Waals surface area contributed by atoms with Crippen LogP contribution in [0.25, 0.3) is 11.0 Å². The van der Waals surface area contributed by atoms with Crippen LogP contribution in [-0.2, 0) is 18.4 Å². The fraction of sp³-hybridized carbons (Fsp3) is 0.176. The maximum atomic E-state index is 12.4. The molecule has 1 atom stereocenters. The van der Waals surface area contributed by atoms with Crippen molar-refractivity contribution in [2.24, 2.45) is 7.05 Å². The Hall–Kier alpha value is -3.20. The van der Waals surface area contributed by atoms with Crippen molar-refractivity contribution in [1.82, 2.24) is 19.9 Å². The second kappa shape index (κ2) is 6.28. The van der Waals surface area contributed by atoms with Crippen LogP contribution in [0.4, 0.5) is 0 Å². The molecule has 114 valence electrons. The number of carbonyl (C=O) groups is 1. The van der Waals surface area contributed by atoms with Gasteiger partial charge in [0.25, 0.3) is 0 Å². The first kappa shape index (κ1) is 14.7. The molecule has 3 rings (SSSR count). The monoisotopic (exact) mass is 305 g/mol. The van der Waals surface area contributed by atoms with Gasteiger partial charge in [0.1, 0.15) is 5.82 Å². The lowest BCUT2D eigenvalue weighted by Crippen LogP contribution is -2.29. The Morgan fingerprint density at radius 2 is 2.04 bits per heavy atom. The highest BCUT2D eigenvalue weighted by Crippen LogP contribution is 2.20. The van der Waals surface area contributed by atoms with Crippen LogP contribution < -0.4 is 5.32 Å². The van der Waals surface area contributed by atoms with Gasteiger partial charge in [0.2, 0.25) is 5.91 Å². The summed E-state index contributed by atoms with van der Waals surface area (Å²) in [6.45, 7) is 0.351. The van der Waals surface area contributed by atoms with E-state index < -0.39 is 5.92 Å². The summed E-state index contributed by atoms with van der Waals surface area (Å²) in [4.78, 5) is 20.7. The standard InChI is InChI=1S/C17H15N5O/c1-22-15-5-3-2-4-14(15)21-16(22)13(10-18)17(23)20-11-12-6-8-19-9-7-12/h2-9,13H,11H2,1H3,(H,20,23)/t13-/m1/s1. The second-order valence-corrected chi connectivity index (χ2v) is 5.15. The number of imidazole rings is 1. The van der Waals surface area contributed by atoms with Crippen molar-refractivity contribution in [3.05, 3.63) is 60.2 Å². The molecular weight excluding hydrogens is 290 g/mol. The van der Waals surface area contributed by atoms with Gasteiger partial charge in [-0.15, -0.1) is 0 Å². The molecule has 2 heterocycles. The maximum absolute atomic E-state index is 12.4. The molecule has 0 unspecified atom stereocenters. The molecular formula is C17H15N5O. The number of hydrogen-bond acceptors (Lipinski definition) is 4. The maximum Gasteiger partial charge on any atom is 0.245 e. The van der Waals surface area contributed by atoms with Crippen LogP contribution in [0.5, 0.6) is 0 Å². The smallest absolute Gasteiger partial charge is 0.245 e. The topological polar surface area (TPSA) is 83.6 Å². The molecule has 0 bridgehead atoms. The number of nitriles is 1. The van der Waals surface area contributed by atoms with Gasteiger partial charge < -0.3 is 9.88 Å². The minimum Gasteiger partial charge on any atom is -0.350 e. The quantitative estimate of drug-likeness (QED) is 0.798. The van der Waals surface area contributed by atoms with Crippen LogP contribution >= 0.6 is 0 Å². The van der Waals surface area contributed by atoms with Gasteiger partial charge in [-0.2, -0.15) is 5.26 Å². The number of rotatable bonds is 4. The number of fused-ring (bicyclic) bond motifs is 1. The third kappa shape index (κ3) is 2.90. The highest BCUT2D eigenvalue weighted by Gasteiger charge is 2.25. The van der Waals surface area contributed by atoms with Crippen LogP contribution in [0.1, 0.15) is 17.3 Å². The molecule has 1 amide bonds. The van der Waals surface area contributed by atoms with E-state index in [1.54, 1.807) is 17.0 Å². The lowest BCUT2D eigenvalue weighted by molar-refractivity contribution is -0.121. The van der Waals surface area contributed by atoms with Gasteiger partial charge >= 0.3 is 0 Å². The van der Waals surface area contributed by atoms with E-state index in [9.17, 15) is 10.1 Å². The van der Waals surface area contributed by atoms with Crippen molar-refractivity contribution in [2.75, 3.05) is 0 Å². The van der Waals surface area contributed by atoms with Crippen LogP contribution in [0, 0.1) is 11.3 Å². The van der Waals surface area contributed by atoms with E-state index >= 15 is 0 Å². The zero-order valence-corrected chi connectivity index (χ0v) is 12.6. The number of aromatic nitrogens is 3. The lowest BCUT2D eigenvalue weighted by Gasteiger charge is -2.10. The van der Waals surface area contributed by atoms with Gasteiger partial charge in [0, 0.05) is 26.0 Å². The number of benzene rings is 1. The number of nitrogens with zero attached hydrogens (tertiary/aromatic N) is 4. The summed E-state index contributed by atoms with van der Waals surface area (Å²) in [5.74, 6) is -0.863. The number of nitrogens with one attached hydrogen (secondary N) is 1. The SMILES string of the molecule is Cn1c([C@@H](C#N)C(=O)NCc2ccncc2)nc2ccccc21. The fourth-order valence-electron chi connectivity index (χ4n) is 2.45. The Bertz CT molecular complexity index is 879. The number of hydrogen-bond donors (Lipinski definition) is 1. The average Bonchev–Trinajstić information content (AvgIpc) is 2.92. The fourth-order valence-corrected chi connectivity index (χ4v) is 2.45. The predicted molar refractivity (Wildman–Crippen MR) is 85.2 cm³/mol. The summed E-state index contributed by atoms with van der Waals surface area (Å²) in [7, 11) is 1.81. The molecule has 6 heteroatoms. The molecule has 0 fully saturated rings. The Labute approximate surface area is 133 Å². The van der Waals surface area contributed by atoms with Crippen molar-refractivity contribution in [2.45, 2.75) is 12.5 Å². The minimum atomic E-state index is -0.950. The average molecular weight is 305 g/mol. The summed E-state index contributed by atoms with van der Waals surface area (Å²) < 4.78 is 1.79. The summed E-state index contributed by atoms with van der Waals surface area (Å²) in [6.07, 6.45) is 3.32. The molecule has 0 saturated carbocycles. The van der Waals surface area contributed by atoms with Crippen molar-refractivity contribution >= 4 is 16.9 Å². The van der Waals surface area contributed by atoms with Gasteiger partial charge in [-0.1, -0.05) is 12.1 Å². The molecule has 0 aliphatic carbocycles. The van der Waals surface area contributed by atoms with Gasteiger partial charge in [-0.05, 0) is 29.8 Å². The molecule has 0 radical (unpaired) electrons. The highest BCUT2D eigenvalue weighted by atomic mass is 16.1. The van der Waals surface area contributed by atoms with E-state index in [2.05, 4.69) is 15.3 Å². The first-order valence-electron chi connectivity index (χ1n) is 7.18. The van der Waals surface area contributed by atoms with Crippen molar-refractivity contribution in [3.8, 4) is 6.07 Å². The molecule has 0 aliphatic rings. The van der Waals surface area contributed by atoms with E-state index in [0.29, 0.717) is 12.4 Å². The molecule has 0 aliphatic heterocycles. The Balaban J connectivity index is 1.82. The first-order valence-corrected chi connectivity index (χ1v) is 7.18. The number of pyridine rings is 1. The zero-order valence-electron chi connectivity index (χ0n) is 12.6. The molecule has 6 nitrogen and oxygen atoms in total. The molecule has 23 heavy (non-hydrogen) atoms. The molecule has 0 spiro atoms. The lowest BCUT2D eigenvalue weighted by atomic mass is 10.1. The Morgan fingerprint density at radius 1 is 1.30 bits per heavy atom. The van der Waals surface area contributed by atoms with Crippen molar-refractivity contribution < 1.29 is 4.79 Å². The molecule has 2 aromatic heterocycles. The van der Waals surface area contributed by atoms with Crippen LogP contribution in [0.15, 0.2) is 48.8 Å². The second-order valence-electron chi connectivity index (χ2n) is 5.15. The zero-order chi connectivity index (χ0) is 16.2. The summed E-state index contributed by atoms with van der Waals surface area (Å²) >= 11 is 0. The number of para-hydroxylation sites is 2. The molecule has 0 saturated heterocycles. The molecule has 1 N–H and O–H groups in total. The van der Waals surface area contributed by atoms with Crippen LogP contribution in [0.2, 0.25) is 0 Å². The van der Waals surface area contributed by atoms with E-state index in [4.69, 9.17) is 0 Å². The van der Waals surface area contributed by atoms with Crippen molar-refractivity contribution in [1.29, 1.82) is 5.26 Å². The van der Waals surface area contributed by atoms with E-state index in [0.717, 1.165) is 16.6 Å². The minimum absolute atomic E-state index is 0.351. The third-order valence-corrected chi connectivity index (χ3v) is 3.69. The summed E-state index contributed by atoms with van der Waals surface area (Å²) in [5.41, 5.74) is 2.59. The summed E-state index contributed by atoms with van der Waals surface area (Å²) in [5, 5.41) is 12.2. The van der Waals surface area contributed by atoms with Gasteiger partial charge in [0.05, 0.1) is 17.1 Å². The Kier molecular flexibility index (Phi) is 4.02. The third-order valence-electron chi connectivity index (χ3n) is 3.69. The van der Waals surface area contributed by atoms with Gasteiger partial charge in [-0.3, -0.25) is 9.78 Å². The number of carbonyl (C=O) groups excluding carboxylic acids is 1. The van der Waals surface area contributed by atoms with E-state index in [-0.39, 0.29) is 5.91 Å².